The predicted molar refractivity (Wildman–Crippen MR) is 103 cm³/mol. The fourth-order valence-corrected chi connectivity index (χ4v) is 3.72. The largest absolute Gasteiger partial charge is 0.496 e. The number of hydrogen-bond donors (Lipinski definition) is 1. The van der Waals surface area contributed by atoms with Crippen LogP contribution in [0.1, 0.15) is 15.9 Å². The number of fused-ring (bicyclic) bond motifs is 2. The first-order valence-electron chi connectivity index (χ1n) is 8.91. The summed E-state index contributed by atoms with van der Waals surface area (Å²) in [6.07, 6.45) is 0. The number of benzene rings is 2. The minimum absolute atomic E-state index is 0.312. The molecule has 0 aliphatic carbocycles. The van der Waals surface area contributed by atoms with E-state index < -0.39 is 11.7 Å². The van der Waals surface area contributed by atoms with E-state index in [-0.39, 0.29) is 0 Å². The summed E-state index contributed by atoms with van der Waals surface area (Å²) in [6, 6.07) is 8.73. The number of hydrogen-bond acceptors (Lipinski definition) is 5. The van der Waals surface area contributed by atoms with E-state index in [4.69, 9.17) is 25.8 Å². The van der Waals surface area contributed by atoms with Crippen LogP contribution in [0, 0.1) is 0 Å². The summed E-state index contributed by atoms with van der Waals surface area (Å²) < 4.78 is 16.5. The molecular weight excluding hydrogens is 384 g/mol. The van der Waals surface area contributed by atoms with Crippen LogP contribution in [0.2, 0.25) is 5.02 Å². The van der Waals surface area contributed by atoms with Gasteiger partial charge in [-0.25, -0.2) is 0 Å². The topological polar surface area (TPSA) is 69.5 Å². The van der Waals surface area contributed by atoms with Crippen molar-refractivity contribution in [3.8, 4) is 17.2 Å². The van der Waals surface area contributed by atoms with Gasteiger partial charge < -0.3 is 19.1 Å². The van der Waals surface area contributed by atoms with Gasteiger partial charge in [0.05, 0.1) is 25.4 Å². The third kappa shape index (κ3) is 3.27. The molecule has 2 aliphatic rings. The molecule has 1 amide bonds. The number of rotatable bonds is 5. The summed E-state index contributed by atoms with van der Waals surface area (Å²) in [4.78, 5) is 27.5. The molecule has 4 rings (SSSR count). The van der Waals surface area contributed by atoms with Gasteiger partial charge in [-0.1, -0.05) is 11.6 Å². The van der Waals surface area contributed by atoms with E-state index in [1.54, 1.807) is 25.3 Å². The van der Waals surface area contributed by atoms with Crippen LogP contribution in [0.3, 0.4) is 0 Å². The number of ketones is 1. The molecule has 2 aromatic carbocycles. The maximum atomic E-state index is 12.6. The van der Waals surface area contributed by atoms with Gasteiger partial charge in [-0.15, -0.1) is 0 Å². The fourth-order valence-electron chi connectivity index (χ4n) is 3.52. The van der Waals surface area contributed by atoms with E-state index in [9.17, 15) is 9.59 Å². The van der Waals surface area contributed by atoms with E-state index in [1.165, 1.54) is 4.90 Å². The highest BCUT2D eigenvalue weighted by molar-refractivity contribution is 6.52. The van der Waals surface area contributed by atoms with Gasteiger partial charge in [0.15, 0.2) is 18.2 Å². The van der Waals surface area contributed by atoms with Crippen molar-refractivity contribution in [3.63, 3.8) is 0 Å². The van der Waals surface area contributed by atoms with Crippen LogP contribution < -0.4 is 24.0 Å². The smallest absolute Gasteiger partial charge is 0.303 e. The Morgan fingerprint density at radius 3 is 2.57 bits per heavy atom. The Bertz CT molecular complexity index is 962. The predicted octanol–water partition coefficient (Wildman–Crippen LogP) is 1.32. The molecule has 146 valence electrons. The number of methoxy groups -OCH3 is 1. The van der Waals surface area contributed by atoms with Crippen LogP contribution in [0.5, 0.6) is 17.2 Å². The third-order valence-electron chi connectivity index (χ3n) is 4.80. The van der Waals surface area contributed by atoms with Crippen LogP contribution in [-0.4, -0.2) is 45.7 Å². The number of carbonyl (C=O) groups excluding carboxylic acids is 2. The van der Waals surface area contributed by atoms with Crippen molar-refractivity contribution in [2.24, 2.45) is 0 Å². The number of ether oxygens (including phenoxy) is 3. The van der Waals surface area contributed by atoms with Crippen LogP contribution >= 0.6 is 11.6 Å². The molecule has 8 heteroatoms. The molecule has 28 heavy (non-hydrogen) atoms. The normalized spacial score (nSPS) is 16.2. The molecule has 2 aromatic rings. The average molecular weight is 404 g/mol. The van der Waals surface area contributed by atoms with Gasteiger partial charge >= 0.3 is 5.91 Å². The van der Waals surface area contributed by atoms with Crippen molar-refractivity contribution in [2.75, 3.05) is 38.9 Å². The number of nitrogens with one attached hydrogen (secondary N) is 1. The molecule has 1 atom stereocenters. The number of carbonyl (C=O) groups is 2. The highest BCUT2D eigenvalue weighted by atomic mass is 35.5. The van der Waals surface area contributed by atoms with Crippen molar-refractivity contribution in [1.82, 2.24) is 0 Å². The van der Waals surface area contributed by atoms with Crippen molar-refractivity contribution in [3.05, 3.63) is 46.5 Å². The highest BCUT2D eigenvalue weighted by Gasteiger charge is 2.39. The number of quaternary nitrogens is 1. The highest BCUT2D eigenvalue weighted by Crippen LogP contribution is 2.40. The zero-order valence-corrected chi connectivity index (χ0v) is 16.3. The minimum atomic E-state index is -0.547. The number of halogens is 1. The minimum Gasteiger partial charge on any atom is -0.496 e. The van der Waals surface area contributed by atoms with Crippen molar-refractivity contribution in [2.45, 2.75) is 6.54 Å². The third-order valence-corrected chi connectivity index (χ3v) is 5.03. The van der Waals surface area contributed by atoms with E-state index in [2.05, 4.69) is 0 Å². The van der Waals surface area contributed by atoms with E-state index in [1.807, 2.05) is 19.2 Å². The molecule has 2 aliphatic heterocycles. The Morgan fingerprint density at radius 1 is 1.14 bits per heavy atom. The van der Waals surface area contributed by atoms with E-state index in [0.29, 0.717) is 54.2 Å². The van der Waals surface area contributed by atoms with Gasteiger partial charge in [-0.2, -0.15) is 0 Å². The van der Waals surface area contributed by atoms with E-state index >= 15 is 0 Å². The summed E-state index contributed by atoms with van der Waals surface area (Å²) in [5.74, 6) is 0.700. The Kier molecular flexibility index (Phi) is 4.87. The average Bonchev–Trinajstić information content (AvgIpc) is 2.91. The lowest BCUT2D eigenvalue weighted by Gasteiger charge is -2.24. The summed E-state index contributed by atoms with van der Waals surface area (Å²) in [5.41, 5.74) is 1.83. The van der Waals surface area contributed by atoms with Crippen molar-refractivity contribution in [1.29, 1.82) is 0 Å². The van der Waals surface area contributed by atoms with E-state index in [0.717, 1.165) is 16.2 Å². The second-order valence-electron chi connectivity index (χ2n) is 6.82. The van der Waals surface area contributed by atoms with Gasteiger partial charge in [0.25, 0.3) is 5.78 Å². The second-order valence-corrected chi connectivity index (χ2v) is 7.26. The van der Waals surface area contributed by atoms with Crippen LogP contribution in [0.25, 0.3) is 0 Å². The first-order chi connectivity index (χ1) is 13.5. The Labute approximate surface area is 167 Å². The standard InChI is InChI=1S/C20H19ClN2O5/c1-22(10-12-7-13(21)3-4-16(12)26-2)11-23-15-9-18-17(27-5-6-28-18)8-14(15)19(24)20(23)25/h3-4,7-9H,5-6,10-11H2,1-2H3/p+1. The zero-order valence-electron chi connectivity index (χ0n) is 15.6. The Balaban J connectivity index is 1.58. The summed E-state index contributed by atoms with van der Waals surface area (Å²) in [5, 5.41) is 0.616. The number of anilines is 1. The molecule has 0 radical (unpaired) electrons. The van der Waals surface area contributed by atoms with Crippen LogP contribution in [-0.2, 0) is 11.3 Å². The SMILES string of the molecule is COc1ccc(Cl)cc1C[NH+](C)CN1C(=O)C(=O)c2cc3c(cc21)OCCO3. The van der Waals surface area contributed by atoms with Gasteiger partial charge in [-0.05, 0) is 24.3 Å². The summed E-state index contributed by atoms with van der Waals surface area (Å²) >= 11 is 6.10. The summed E-state index contributed by atoms with van der Waals surface area (Å²) in [6.45, 7) is 1.74. The van der Waals surface area contributed by atoms with Gasteiger partial charge in [-0.3, -0.25) is 14.5 Å². The van der Waals surface area contributed by atoms with Crippen LogP contribution in [0.15, 0.2) is 30.3 Å². The molecule has 7 nitrogen and oxygen atoms in total. The van der Waals surface area contributed by atoms with Crippen molar-refractivity contribution >= 4 is 29.0 Å². The molecule has 0 saturated heterocycles. The maximum Gasteiger partial charge on any atom is 0.303 e. The summed E-state index contributed by atoms with van der Waals surface area (Å²) in [7, 11) is 3.54. The Morgan fingerprint density at radius 2 is 1.86 bits per heavy atom. The monoisotopic (exact) mass is 403 g/mol. The number of amides is 1. The maximum absolute atomic E-state index is 12.6. The molecular formula is C20H20ClN2O5+. The quantitative estimate of drug-likeness (QED) is 0.763. The lowest BCUT2D eigenvalue weighted by atomic mass is 10.1. The zero-order chi connectivity index (χ0) is 19.8. The molecule has 1 unspecified atom stereocenters. The van der Waals surface area contributed by atoms with Gasteiger partial charge in [0.2, 0.25) is 0 Å². The number of nitrogens with zero attached hydrogens (tertiary/aromatic N) is 1. The molecule has 0 spiro atoms. The van der Waals surface area contributed by atoms with Gasteiger partial charge in [0, 0.05) is 16.7 Å². The molecule has 0 saturated carbocycles. The van der Waals surface area contributed by atoms with Gasteiger partial charge in [0.1, 0.15) is 25.5 Å². The molecule has 1 N–H and O–H groups in total. The lowest BCUT2D eigenvalue weighted by Crippen LogP contribution is -3.09. The van der Waals surface area contributed by atoms with Crippen molar-refractivity contribution < 1.29 is 28.7 Å². The first kappa shape index (κ1) is 18.6. The lowest BCUT2D eigenvalue weighted by molar-refractivity contribution is -0.892. The molecule has 0 fully saturated rings. The molecule has 0 aromatic heterocycles. The molecule has 0 bridgehead atoms. The Hall–Kier alpha value is -2.77. The fraction of sp³-hybridized carbons (Fsp3) is 0.300. The second kappa shape index (κ2) is 7.33. The number of Topliss-reactive ketones (excluding diaryl/α,β-unsaturated/α-hetero) is 1. The molecule has 2 heterocycles. The van der Waals surface area contributed by atoms with Crippen LogP contribution in [0.4, 0.5) is 5.69 Å². The first-order valence-corrected chi connectivity index (χ1v) is 9.29.